The minimum atomic E-state index is -4.52. The van der Waals surface area contributed by atoms with Crippen molar-refractivity contribution >= 4 is 27.5 Å². The number of alkyl halides is 3. The second-order valence-electron chi connectivity index (χ2n) is 4.58. The summed E-state index contributed by atoms with van der Waals surface area (Å²) in [6, 6.07) is 10.4. The number of rotatable bonds is 3. The van der Waals surface area contributed by atoms with Gasteiger partial charge in [-0.05, 0) is 35.4 Å². The van der Waals surface area contributed by atoms with Gasteiger partial charge in [0.1, 0.15) is 0 Å². The van der Waals surface area contributed by atoms with Gasteiger partial charge < -0.3 is 5.11 Å². The van der Waals surface area contributed by atoms with E-state index in [0.29, 0.717) is 15.1 Å². The molecule has 0 radical (unpaired) electrons. The average Bonchev–Trinajstić information content (AvgIpc) is 2.37. The van der Waals surface area contributed by atoms with Crippen molar-refractivity contribution in [1.29, 1.82) is 0 Å². The molecule has 0 spiro atoms. The Balaban J connectivity index is 2.33. The number of halogens is 5. The summed E-state index contributed by atoms with van der Waals surface area (Å²) in [5, 5.41) is 10.6. The van der Waals surface area contributed by atoms with E-state index in [2.05, 4.69) is 15.9 Å². The summed E-state index contributed by atoms with van der Waals surface area (Å²) in [6.07, 6.45) is -5.71. The van der Waals surface area contributed by atoms with Crippen LogP contribution in [0.4, 0.5) is 13.2 Å². The van der Waals surface area contributed by atoms with Crippen molar-refractivity contribution in [2.75, 3.05) is 0 Å². The Morgan fingerprint density at radius 1 is 1.14 bits per heavy atom. The third kappa shape index (κ3) is 4.22. The van der Waals surface area contributed by atoms with Gasteiger partial charge in [-0.25, -0.2) is 0 Å². The molecule has 1 N–H and O–H groups in total. The largest absolute Gasteiger partial charge is 0.416 e. The van der Waals surface area contributed by atoms with Crippen LogP contribution in [0.1, 0.15) is 22.8 Å². The van der Waals surface area contributed by atoms with E-state index in [1.165, 1.54) is 12.1 Å². The van der Waals surface area contributed by atoms with Gasteiger partial charge in [-0.3, -0.25) is 0 Å². The monoisotopic (exact) mass is 378 g/mol. The number of aliphatic hydroxyl groups excluding tert-OH is 1. The predicted octanol–water partition coefficient (Wildman–Crippen LogP) is 5.40. The molecule has 0 amide bonds. The van der Waals surface area contributed by atoms with Crippen LogP contribution in [0, 0.1) is 0 Å². The van der Waals surface area contributed by atoms with Gasteiger partial charge in [0.2, 0.25) is 0 Å². The molecule has 112 valence electrons. The minimum Gasteiger partial charge on any atom is -0.388 e. The lowest BCUT2D eigenvalue weighted by molar-refractivity contribution is -0.139. The predicted molar refractivity (Wildman–Crippen MR) is 79.3 cm³/mol. The molecule has 0 bridgehead atoms. The first-order chi connectivity index (χ1) is 9.77. The van der Waals surface area contributed by atoms with Gasteiger partial charge in [0, 0.05) is 15.9 Å². The van der Waals surface area contributed by atoms with E-state index >= 15 is 0 Å². The van der Waals surface area contributed by atoms with Gasteiger partial charge in [-0.15, -0.1) is 0 Å². The Morgan fingerprint density at radius 3 is 2.48 bits per heavy atom. The minimum absolute atomic E-state index is 0.0608. The van der Waals surface area contributed by atoms with Crippen LogP contribution in [0.25, 0.3) is 0 Å². The van der Waals surface area contributed by atoms with Crippen molar-refractivity contribution in [3.63, 3.8) is 0 Å². The van der Waals surface area contributed by atoms with E-state index < -0.39 is 17.8 Å². The Bertz CT molecular complexity index is 643. The second-order valence-corrected chi connectivity index (χ2v) is 5.93. The van der Waals surface area contributed by atoms with Crippen molar-refractivity contribution in [1.82, 2.24) is 0 Å². The molecular formula is C15H11BrClF3O. The molecule has 2 aromatic carbocycles. The molecule has 2 aromatic rings. The Hall–Kier alpha value is -1.04. The standard InChI is InChI=1S/C15H11BrClF3O/c16-10-4-5-12(13(8-10)15(18,19)20)14(21)7-9-2-1-3-11(17)6-9/h1-6,8,14,21H,7H2. The first-order valence-electron chi connectivity index (χ1n) is 6.06. The highest BCUT2D eigenvalue weighted by molar-refractivity contribution is 9.10. The summed E-state index contributed by atoms with van der Waals surface area (Å²) in [6.45, 7) is 0. The smallest absolute Gasteiger partial charge is 0.388 e. The average molecular weight is 380 g/mol. The molecule has 1 atom stereocenters. The maximum absolute atomic E-state index is 13.0. The van der Waals surface area contributed by atoms with Crippen molar-refractivity contribution in [3.8, 4) is 0 Å². The van der Waals surface area contributed by atoms with E-state index in [9.17, 15) is 18.3 Å². The van der Waals surface area contributed by atoms with Crippen molar-refractivity contribution < 1.29 is 18.3 Å². The molecule has 0 saturated carbocycles. The first kappa shape index (κ1) is 16.3. The maximum Gasteiger partial charge on any atom is 0.416 e. The normalized spacial score (nSPS) is 13.2. The van der Waals surface area contributed by atoms with E-state index in [1.54, 1.807) is 24.3 Å². The van der Waals surface area contributed by atoms with Gasteiger partial charge >= 0.3 is 6.18 Å². The number of hydrogen-bond acceptors (Lipinski definition) is 1. The molecule has 0 saturated heterocycles. The maximum atomic E-state index is 13.0. The quantitative estimate of drug-likeness (QED) is 0.757. The van der Waals surface area contributed by atoms with Crippen LogP contribution in [-0.4, -0.2) is 5.11 Å². The molecule has 0 fully saturated rings. The highest BCUT2D eigenvalue weighted by Gasteiger charge is 2.35. The van der Waals surface area contributed by atoms with Crippen LogP contribution >= 0.6 is 27.5 Å². The third-order valence-corrected chi connectivity index (χ3v) is 3.73. The van der Waals surface area contributed by atoms with Crippen molar-refractivity contribution in [2.24, 2.45) is 0 Å². The molecule has 1 unspecified atom stereocenters. The van der Waals surface area contributed by atoms with Crippen LogP contribution < -0.4 is 0 Å². The molecule has 6 heteroatoms. The van der Waals surface area contributed by atoms with Gasteiger partial charge in [0.05, 0.1) is 11.7 Å². The summed E-state index contributed by atoms with van der Waals surface area (Å²) in [5.74, 6) is 0. The summed E-state index contributed by atoms with van der Waals surface area (Å²) >= 11 is 8.85. The SMILES string of the molecule is OC(Cc1cccc(Cl)c1)c1ccc(Br)cc1C(F)(F)F. The molecule has 0 aromatic heterocycles. The van der Waals surface area contributed by atoms with Crippen molar-refractivity contribution in [2.45, 2.75) is 18.7 Å². The number of aliphatic hydroxyl groups is 1. The van der Waals surface area contributed by atoms with Crippen LogP contribution in [0.3, 0.4) is 0 Å². The molecule has 2 rings (SSSR count). The molecule has 21 heavy (non-hydrogen) atoms. The molecule has 1 nitrogen and oxygen atoms in total. The molecule has 0 aliphatic heterocycles. The lowest BCUT2D eigenvalue weighted by Crippen LogP contribution is -2.13. The number of benzene rings is 2. The van der Waals surface area contributed by atoms with E-state index in [0.717, 1.165) is 6.07 Å². The van der Waals surface area contributed by atoms with E-state index in [1.807, 2.05) is 0 Å². The lowest BCUT2D eigenvalue weighted by atomic mass is 9.97. The fraction of sp³-hybridized carbons (Fsp3) is 0.200. The fourth-order valence-electron chi connectivity index (χ4n) is 2.06. The molecule has 0 aliphatic rings. The Labute approximate surface area is 133 Å². The molecule has 0 heterocycles. The second kappa shape index (κ2) is 6.38. The Morgan fingerprint density at radius 2 is 1.86 bits per heavy atom. The van der Waals surface area contributed by atoms with Gasteiger partial charge in [-0.2, -0.15) is 13.2 Å². The van der Waals surface area contributed by atoms with Crippen LogP contribution in [0.2, 0.25) is 5.02 Å². The molecule has 0 aliphatic carbocycles. The van der Waals surface area contributed by atoms with Crippen molar-refractivity contribution in [3.05, 3.63) is 68.7 Å². The van der Waals surface area contributed by atoms with E-state index in [-0.39, 0.29) is 12.0 Å². The van der Waals surface area contributed by atoms with Gasteiger partial charge in [-0.1, -0.05) is 45.7 Å². The summed E-state index contributed by atoms with van der Waals surface area (Å²) in [5.41, 5.74) is -0.317. The zero-order valence-corrected chi connectivity index (χ0v) is 13.0. The summed E-state index contributed by atoms with van der Waals surface area (Å²) < 4.78 is 39.4. The summed E-state index contributed by atoms with van der Waals surface area (Å²) in [7, 11) is 0. The first-order valence-corrected chi connectivity index (χ1v) is 7.23. The highest BCUT2D eigenvalue weighted by atomic mass is 79.9. The Kier molecular flexibility index (Phi) is 4.96. The topological polar surface area (TPSA) is 20.2 Å². The highest BCUT2D eigenvalue weighted by Crippen LogP contribution is 2.37. The number of hydrogen-bond donors (Lipinski definition) is 1. The fourth-order valence-corrected chi connectivity index (χ4v) is 2.64. The van der Waals surface area contributed by atoms with Crippen LogP contribution in [0.5, 0.6) is 0 Å². The van der Waals surface area contributed by atoms with Gasteiger partial charge in [0.25, 0.3) is 0 Å². The zero-order chi connectivity index (χ0) is 15.6. The zero-order valence-electron chi connectivity index (χ0n) is 10.7. The molecular weight excluding hydrogens is 369 g/mol. The van der Waals surface area contributed by atoms with Crippen LogP contribution in [-0.2, 0) is 12.6 Å². The van der Waals surface area contributed by atoms with Crippen LogP contribution in [0.15, 0.2) is 46.9 Å². The van der Waals surface area contributed by atoms with Gasteiger partial charge in [0.15, 0.2) is 0 Å². The van der Waals surface area contributed by atoms with E-state index in [4.69, 9.17) is 11.6 Å². The third-order valence-electron chi connectivity index (χ3n) is 3.00. The lowest BCUT2D eigenvalue weighted by Gasteiger charge is -2.18. The summed E-state index contributed by atoms with van der Waals surface area (Å²) in [4.78, 5) is 0.